The van der Waals surface area contributed by atoms with Gasteiger partial charge >= 0.3 is 0 Å². The third-order valence-electron chi connectivity index (χ3n) is 5.14. The van der Waals surface area contributed by atoms with E-state index < -0.39 is 0 Å². The van der Waals surface area contributed by atoms with Crippen LogP contribution < -0.4 is 5.32 Å². The van der Waals surface area contributed by atoms with Gasteiger partial charge in [-0.1, -0.05) is 24.3 Å². The molecule has 0 aliphatic carbocycles. The van der Waals surface area contributed by atoms with Crippen LogP contribution in [0.1, 0.15) is 18.4 Å². The van der Waals surface area contributed by atoms with E-state index in [9.17, 15) is 0 Å². The summed E-state index contributed by atoms with van der Waals surface area (Å²) in [6.07, 6.45) is 4.55. The van der Waals surface area contributed by atoms with Gasteiger partial charge in [0.25, 0.3) is 0 Å². The van der Waals surface area contributed by atoms with Gasteiger partial charge in [-0.25, -0.2) is 0 Å². The average molecular weight is 293 g/mol. The van der Waals surface area contributed by atoms with Crippen molar-refractivity contribution in [3.8, 4) is 11.3 Å². The molecule has 0 saturated carbocycles. The minimum atomic E-state index is 0.554. The number of likely N-dealkylation sites (tertiary alicyclic amines) is 1. The molecule has 1 aromatic heterocycles. The summed E-state index contributed by atoms with van der Waals surface area (Å²) in [5, 5.41) is 3.54. The Labute approximate surface area is 132 Å². The first-order chi connectivity index (χ1) is 10.8. The maximum atomic E-state index is 4.46. The van der Waals surface area contributed by atoms with E-state index in [0.717, 1.165) is 12.2 Å². The highest BCUT2D eigenvalue weighted by Gasteiger charge is 2.39. The number of hydrogen-bond donors (Lipinski definition) is 1. The largest absolute Gasteiger partial charge is 0.316 e. The van der Waals surface area contributed by atoms with Crippen LogP contribution in [0, 0.1) is 5.41 Å². The number of hydrogen-bond acceptors (Lipinski definition) is 3. The molecule has 2 fully saturated rings. The minimum Gasteiger partial charge on any atom is -0.316 e. The Morgan fingerprint density at radius 3 is 2.95 bits per heavy atom. The number of nitrogens with one attached hydrogen (secondary N) is 1. The zero-order valence-electron chi connectivity index (χ0n) is 13.0. The van der Waals surface area contributed by atoms with Gasteiger partial charge < -0.3 is 5.32 Å². The maximum Gasteiger partial charge on any atom is 0.0702 e. The summed E-state index contributed by atoms with van der Waals surface area (Å²) in [6.45, 7) is 5.94. The van der Waals surface area contributed by atoms with Crippen molar-refractivity contribution in [2.75, 3.05) is 26.2 Å². The first-order valence-electron chi connectivity index (χ1n) is 8.27. The van der Waals surface area contributed by atoms with E-state index in [4.69, 9.17) is 0 Å². The summed E-state index contributed by atoms with van der Waals surface area (Å²) >= 11 is 0. The Morgan fingerprint density at radius 1 is 1.14 bits per heavy atom. The summed E-state index contributed by atoms with van der Waals surface area (Å²) in [7, 11) is 0. The predicted octanol–water partition coefficient (Wildman–Crippen LogP) is 2.93. The first kappa shape index (κ1) is 13.9. The van der Waals surface area contributed by atoms with Crippen LogP contribution in [0.3, 0.4) is 0 Å². The predicted molar refractivity (Wildman–Crippen MR) is 89.5 cm³/mol. The van der Waals surface area contributed by atoms with E-state index in [1.54, 1.807) is 0 Å². The highest BCUT2D eigenvalue weighted by molar-refractivity contribution is 5.59. The Balaban J connectivity index is 1.48. The van der Waals surface area contributed by atoms with Gasteiger partial charge in [0.2, 0.25) is 0 Å². The normalized spacial score (nSPS) is 25.1. The molecular formula is C19H23N3. The highest BCUT2D eigenvalue weighted by Crippen LogP contribution is 2.36. The molecule has 0 amide bonds. The topological polar surface area (TPSA) is 28.2 Å². The van der Waals surface area contributed by atoms with E-state index in [1.807, 2.05) is 18.3 Å². The smallest absolute Gasteiger partial charge is 0.0702 e. The molecule has 3 nitrogen and oxygen atoms in total. The molecule has 0 radical (unpaired) electrons. The molecule has 2 saturated heterocycles. The van der Waals surface area contributed by atoms with Gasteiger partial charge in [0.1, 0.15) is 0 Å². The van der Waals surface area contributed by atoms with Crippen molar-refractivity contribution < 1.29 is 0 Å². The number of nitrogens with zero attached hydrogens (tertiary/aromatic N) is 2. The van der Waals surface area contributed by atoms with E-state index in [-0.39, 0.29) is 0 Å². The van der Waals surface area contributed by atoms with Crippen molar-refractivity contribution in [3.05, 3.63) is 54.2 Å². The van der Waals surface area contributed by atoms with Gasteiger partial charge in [-0.15, -0.1) is 0 Å². The molecule has 1 atom stereocenters. The Morgan fingerprint density at radius 2 is 2.14 bits per heavy atom. The fourth-order valence-corrected chi connectivity index (χ4v) is 3.93. The summed E-state index contributed by atoms with van der Waals surface area (Å²) < 4.78 is 0. The summed E-state index contributed by atoms with van der Waals surface area (Å²) in [5.41, 5.74) is 4.22. The van der Waals surface area contributed by atoms with Crippen LogP contribution in [0.15, 0.2) is 48.7 Å². The SMILES string of the molecule is c1ccc(-c2cccc(CN3CCC4(CCNC4)C3)c2)nc1. The average Bonchev–Trinajstić information content (AvgIpc) is 3.19. The molecule has 1 aromatic carbocycles. The molecule has 2 aliphatic heterocycles. The van der Waals surface area contributed by atoms with Crippen LogP contribution in [0.25, 0.3) is 11.3 Å². The van der Waals surface area contributed by atoms with Crippen molar-refractivity contribution >= 4 is 0 Å². The Kier molecular flexibility index (Phi) is 3.68. The van der Waals surface area contributed by atoms with Crippen LogP contribution in [-0.2, 0) is 6.54 Å². The zero-order valence-corrected chi connectivity index (χ0v) is 13.0. The van der Waals surface area contributed by atoms with Crippen molar-refractivity contribution in [1.82, 2.24) is 15.2 Å². The molecule has 2 aliphatic rings. The van der Waals surface area contributed by atoms with Gasteiger partial charge in [0.15, 0.2) is 0 Å². The van der Waals surface area contributed by atoms with Gasteiger partial charge in [-0.05, 0) is 55.1 Å². The monoisotopic (exact) mass is 293 g/mol. The minimum absolute atomic E-state index is 0.554. The molecule has 1 unspecified atom stereocenters. The van der Waals surface area contributed by atoms with Crippen molar-refractivity contribution in [1.29, 1.82) is 0 Å². The van der Waals surface area contributed by atoms with Gasteiger partial charge in [-0.2, -0.15) is 0 Å². The second kappa shape index (κ2) is 5.82. The fraction of sp³-hybridized carbons (Fsp3) is 0.421. The third kappa shape index (κ3) is 2.79. The molecule has 22 heavy (non-hydrogen) atoms. The van der Waals surface area contributed by atoms with Gasteiger partial charge in [0.05, 0.1) is 5.69 Å². The van der Waals surface area contributed by atoms with E-state index in [0.29, 0.717) is 5.41 Å². The van der Waals surface area contributed by atoms with Crippen LogP contribution in [0.4, 0.5) is 0 Å². The number of rotatable bonds is 3. The lowest BCUT2D eigenvalue weighted by Crippen LogP contribution is -2.28. The molecule has 3 heteroatoms. The standard InChI is InChI=1S/C19H23N3/c1-2-9-21-18(6-1)17-5-3-4-16(12-17)13-22-11-8-19(15-22)7-10-20-14-19/h1-6,9,12,20H,7-8,10-11,13-15H2. The highest BCUT2D eigenvalue weighted by atomic mass is 15.2. The molecule has 1 spiro atoms. The van der Waals surface area contributed by atoms with Gasteiger partial charge in [0, 0.05) is 31.4 Å². The lowest BCUT2D eigenvalue weighted by Gasteiger charge is -2.23. The van der Waals surface area contributed by atoms with Crippen molar-refractivity contribution in [2.45, 2.75) is 19.4 Å². The fourth-order valence-electron chi connectivity index (χ4n) is 3.93. The second-order valence-corrected chi connectivity index (χ2v) is 6.80. The lowest BCUT2D eigenvalue weighted by atomic mass is 9.86. The molecular weight excluding hydrogens is 270 g/mol. The van der Waals surface area contributed by atoms with Crippen LogP contribution in [0.5, 0.6) is 0 Å². The quantitative estimate of drug-likeness (QED) is 0.943. The van der Waals surface area contributed by atoms with Crippen LogP contribution in [0.2, 0.25) is 0 Å². The lowest BCUT2D eigenvalue weighted by molar-refractivity contribution is 0.269. The molecule has 0 bridgehead atoms. The second-order valence-electron chi connectivity index (χ2n) is 6.80. The molecule has 114 valence electrons. The maximum absolute atomic E-state index is 4.46. The third-order valence-corrected chi connectivity index (χ3v) is 5.14. The van der Waals surface area contributed by atoms with E-state index in [2.05, 4.69) is 45.5 Å². The molecule has 2 aromatic rings. The van der Waals surface area contributed by atoms with Crippen LogP contribution >= 0.6 is 0 Å². The molecule has 1 N–H and O–H groups in total. The van der Waals surface area contributed by atoms with Crippen LogP contribution in [-0.4, -0.2) is 36.1 Å². The Hall–Kier alpha value is -1.71. The van der Waals surface area contributed by atoms with Crippen molar-refractivity contribution in [2.24, 2.45) is 5.41 Å². The molecule has 3 heterocycles. The van der Waals surface area contributed by atoms with E-state index >= 15 is 0 Å². The summed E-state index contributed by atoms with van der Waals surface area (Å²) in [6, 6.07) is 14.9. The number of benzene rings is 1. The number of pyridine rings is 1. The number of aromatic nitrogens is 1. The van der Waals surface area contributed by atoms with Crippen molar-refractivity contribution in [3.63, 3.8) is 0 Å². The first-order valence-corrected chi connectivity index (χ1v) is 8.27. The van der Waals surface area contributed by atoms with Gasteiger partial charge in [-0.3, -0.25) is 9.88 Å². The van der Waals surface area contributed by atoms with E-state index in [1.165, 1.54) is 50.1 Å². The molecule has 4 rings (SSSR count). The Bertz CT molecular complexity index is 632. The summed E-state index contributed by atoms with van der Waals surface area (Å²) in [4.78, 5) is 7.07. The zero-order chi connectivity index (χ0) is 14.8. The summed E-state index contributed by atoms with van der Waals surface area (Å²) in [5.74, 6) is 0.